The third kappa shape index (κ3) is 3.53. The fourth-order valence-corrected chi connectivity index (χ4v) is 4.16. The summed E-state index contributed by atoms with van der Waals surface area (Å²) in [5.74, 6) is 0.625. The normalized spacial score (nSPS) is 12.4. The zero-order chi connectivity index (χ0) is 19.0. The van der Waals surface area contributed by atoms with Gasteiger partial charge in [-0.1, -0.05) is 17.8 Å². The number of benzene rings is 1. The van der Waals surface area contributed by atoms with Crippen molar-refractivity contribution in [3.05, 3.63) is 46.2 Å². The number of H-pyrrole nitrogens is 2. The van der Waals surface area contributed by atoms with Crippen LogP contribution >= 0.6 is 23.1 Å². The number of carbonyl (C=O) groups excluding carboxylic acids is 1. The number of hydrogen-bond acceptors (Lipinski definition) is 6. The molecular weight excluding hydrogens is 384 g/mol. The van der Waals surface area contributed by atoms with Gasteiger partial charge in [-0.05, 0) is 36.6 Å². The quantitative estimate of drug-likeness (QED) is 0.447. The summed E-state index contributed by atoms with van der Waals surface area (Å²) in [6.07, 6.45) is 0. The van der Waals surface area contributed by atoms with Crippen molar-refractivity contribution in [2.75, 3.05) is 5.32 Å². The van der Waals surface area contributed by atoms with E-state index in [9.17, 15) is 9.59 Å². The Hall–Kier alpha value is -2.85. The molecule has 10 heteroatoms. The number of aromatic nitrogens is 5. The second kappa shape index (κ2) is 7.05. The zero-order valence-electron chi connectivity index (χ0n) is 14.5. The van der Waals surface area contributed by atoms with E-state index < -0.39 is 0 Å². The van der Waals surface area contributed by atoms with E-state index in [1.54, 1.807) is 29.5 Å². The second-order valence-corrected chi connectivity index (χ2v) is 8.19. The van der Waals surface area contributed by atoms with Gasteiger partial charge in [-0.15, -0.1) is 21.5 Å². The molecule has 0 spiro atoms. The molecule has 1 unspecified atom stereocenters. The number of amides is 1. The predicted molar refractivity (Wildman–Crippen MR) is 107 cm³/mol. The molecule has 3 N–H and O–H groups in total. The van der Waals surface area contributed by atoms with Crippen molar-refractivity contribution >= 4 is 45.7 Å². The Kier molecular flexibility index (Phi) is 4.58. The largest absolute Gasteiger partial charge is 0.325 e. The molecule has 3 aromatic heterocycles. The van der Waals surface area contributed by atoms with E-state index in [4.69, 9.17) is 0 Å². The summed E-state index contributed by atoms with van der Waals surface area (Å²) in [7, 11) is 1.89. The third-order valence-electron chi connectivity index (χ3n) is 4.01. The first-order chi connectivity index (χ1) is 13.0. The molecule has 0 bridgehead atoms. The van der Waals surface area contributed by atoms with Crippen molar-refractivity contribution in [1.29, 1.82) is 0 Å². The highest BCUT2D eigenvalue weighted by atomic mass is 32.2. The minimum absolute atomic E-state index is 0.155. The van der Waals surface area contributed by atoms with Crippen molar-refractivity contribution in [1.82, 2.24) is 24.7 Å². The predicted octanol–water partition coefficient (Wildman–Crippen LogP) is 2.83. The van der Waals surface area contributed by atoms with E-state index in [1.165, 1.54) is 11.8 Å². The Morgan fingerprint density at radius 2 is 2.07 bits per heavy atom. The van der Waals surface area contributed by atoms with Gasteiger partial charge in [-0.3, -0.25) is 4.79 Å². The van der Waals surface area contributed by atoms with E-state index in [0.717, 1.165) is 10.7 Å². The first-order valence-corrected chi connectivity index (χ1v) is 9.90. The SMILES string of the molecule is CC(Sc1nnc(-c2cccs2)n1C)C(=O)Nc1ccc2[nH]c(=O)[nH]c2c1. The van der Waals surface area contributed by atoms with Gasteiger partial charge in [0.1, 0.15) is 0 Å². The summed E-state index contributed by atoms with van der Waals surface area (Å²) in [5, 5.41) is 13.6. The second-order valence-electron chi connectivity index (χ2n) is 5.93. The van der Waals surface area contributed by atoms with Crippen LogP contribution in [0.25, 0.3) is 21.7 Å². The van der Waals surface area contributed by atoms with Gasteiger partial charge in [0, 0.05) is 12.7 Å². The Bertz CT molecular complexity index is 1160. The molecule has 3 heterocycles. The standard InChI is InChI=1S/C17H16N6O2S2/c1-9(27-17-22-21-14(23(17)2)13-4-3-7-26-13)15(24)18-10-5-6-11-12(8-10)20-16(25)19-11/h3-9H,1-2H3,(H,18,24)(H2,19,20,25). The molecule has 0 radical (unpaired) electrons. The highest BCUT2D eigenvalue weighted by Gasteiger charge is 2.20. The van der Waals surface area contributed by atoms with Crippen LogP contribution in [0.1, 0.15) is 6.92 Å². The van der Waals surface area contributed by atoms with Gasteiger partial charge in [0.25, 0.3) is 0 Å². The number of fused-ring (bicyclic) bond motifs is 1. The van der Waals surface area contributed by atoms with Crippen molar-refractivity contribution < 1.29 is 4.79 Å². The van der Waals surface area contributed by atoms with Crippen LogP contribution in [-0.2, 0) is 11.8 Å². The molecule has 27 heavy (non-hydrogen) atoms. The van der Waals surface area contributed by atoms with Gasteiger partial charge >= 0.3 is 5.69 Å². The Morgan fingerprint density at radius 1 is 1.26 bits per heavy atom. The average Bonchev–Trinajstić information content (AvgIpc) is 3.35. The minimum atomic E-state index is -0.370. The minimum Gasteiger partial charge on any atom is -0.325 e. The molecule has 8 nitrogen and oxygen atoms in total. The number of nitrogens with one attached hydrogen (secondary N) is 3. The van der Waals surface area contributed by atoms with Crippen LogP contribution < -0.4 is 11.0 Å². The Labute approximate surface area is 162 Å². The maximum absolute atomic E-state index is 12.5. The average molecular weight is 400 g/mol. The number of imidazole rings is 1. The summed E-state index contributed by atoms with van der Waals surface area (Å²) in [5.41, 5.74) is 1.68. The number of hydrogen-bond donors (Lipinski definition) is 3. The first-order valence-electron chi connectivity index (χ1n) is 8.14. The van der Waals surface area contributed by atoms with Gasteiger partial charge in [-0.25, -0.2) is 4.79 Å². The Morgan fingerprint density at radius 3 is 2.85 bits per heavy atom. The lowest BCUT2D eigenvalue weighted by Gasteiger charge is -2.11. The summed E-state index contributed by atoms with van der Waals surface area (Å²) < 4.78 is 1.89. The van der Waals surface area contributed by atoms with Crippen molar-refractivity contribution in [2.24, 2.45) is 7.05 Å². The summed E-state index contributed by atoms with van der Waals surface area (Å²) >= 11 is 2.93. The van der Waals surface area contributed by atoms with Crippen molar-refractivity contribution in [3.63, 3.8) is 0 Å². The van der Waals surface area contributed by atoms with Crippen molar-refractivity contribution in [2.45, 2.75) is 17.3 Å². The van der Waals surface area contributed by atoms with Crippen LogP contribution in [-0.4, -0.2) is 35.9 Å². The molecule has 0 saturated carbocycles. The number of aromatic amines is 2. The maximum atomic E-state index is 12.5. The lowest BCUT2D eigenvalue weighted by atomic mass is 10.2. The Balaban J connectivity index is 1.46. The van der Waals surface area contributed by atoms with Crippen LogP contribution in [0.2, 0.25) is 0 Å². The number of rotatable bonds is 5. The zero-order valence-corrected chi connectivity index (χ0v) is 16.1. The molecule has 0 aliphatic rings. The number of thioether (sulfide) groups is 1. The van der Waals surface area contributed by atoms with Crippen LogP contribution in [0.3, 0.4) is 0 Å². The third-order valence-corrected chi connectivity index (χ3v) is 6.01. The lowest BCUT2D eigenvalue weighted by Crippen LogP contribution is -2.22. The molecular formula is C17H16N6O2S2. The molecule has 0 saturated heterocycles. The number of thiophene rings is 1. The molecule has 0 aliphatic heterocycles. The highest BCUT2D eigenvalue weighted by molar-refractivity contribution is 8.00. The van der Waals surface area contributed by atoms with Gasteiger partial charge < -0.3 is 19.9 Å². The lowest BCUT2D eigenvalue weighted by molar-refractivity contribution is -0.115. The smallest absolute Gasteiger partial charge is 0.323 e. The molecule has 1 amide bonds. The van der Waals surface area contributed by atoms with E-state index in [-0.39, 0.29) is 16.8 Å². The van der Waals surface area contributed by atoms with Gasteiger partial charge in [0.15, 0.2) is 11.0 Å². The first kappa shape index (κ1) is 17.6. The molecule has 4 rings (SSSR count). The van der Waals surface area contributed by atoms with Crippen LogP contribution in [0.4, 0.5) is 5.69 Å². The van der Waals surface area contributed by atoms with Gasteiger partial charge in [-0.2, -0.15) is 0 Å². The van der Waals surface area contributed by atoms with E-state index in [1.807, 2.05) is 36.1 Å². The maximum Gasteiger partial charge on any atom is 0.323 e. The summed E-state index contributed by atoms with van der Waals surface area (Å²) in [6, 6.07) is 9.17. The topological polar surface area (TPSA) is 108 Å². The fraction of sp³-hybridized carbons (Fsp3) is 0.176. The molecule has 1 aromatic carbocycles. The van der Waals surface area contributed by atoms with E-state index in [0.29, 0.717) is 21.9 Å². The van der Waals surface area contributed by atoms with Crippen LogP contribution in [0.15, 0.2) is 45.7 Å². The molecule has 1 atom stereocenters. The molecule has 4 aromatic rings. The van der Waals surface area contributed by atoms with E-state index in [2.05, 4.69) is 25.5 Å². The van der Waals surface area contributed by atoms with Crippen LogP contribution in [0, 0.1) is 0 Å². The number of carbonyl (C=O) groups is 1. The molecule has 0 fully saturated rings. The monoisotopic (exact) mass is 400 g/mol. The highest BCUT2D eigenvalue weighted by Crippen LogP contribution is 2.28. The van der Waals surface area contributed by atoms with Gasteiger partial charge in [0.2, 0.25) is 5.91 Å². The molecule has 138 valence electrons. The summed E-state index contributed by atoms with van der Waals surface area (Å²) in [6.45, 7) is 1.82. The fourth-order valence-electron chi connectivity index (χ4n) is 2.60. The summed E-state index contributed by atoms with van der Waals surface area (Å²) in [4.78, 5) is 30.3. The number of nitrogens with zero attached hydrogens (tertiary/aromatic N) is 3. The molecule has 0 aliphatic carbocycles. The van der Waals surface area contributed by atoms with Crippen LogP contribution in [0.5, 0.6) is 0 Å². The van der Waals surface area contributed by atoms with Crippen molar-refractivity contribution in [3.8, 4) is 10.7 Å². The number of anilines is 1. The van der Waals surface area contributed by atoms with Gasteiger partial charge in [0.05, 0.1) is 21.2 Å². The van der Waals surface area contributed by atoms with E-state index >= 15 is 0 Å².